The SMILES string of the molecule is C[C@@H](O)CNc1ccc2sccc2c1. The molecule has 3 heteroatoms. The van der Waals surface area contributed by atoms with Gasteiger partial charge in [-0.2, -0.15) is 0 Å². The molecule has 0 aliphatic carbocycles. The van der Waals surface area contributed by atoms with Crippen LogP contribution in [0.25, 0.3) is 10.1 Å². The topological polar surface area (TPSA) is 32.3 Å². The van der Waals surface area contributed by atoms with Crippen LogP contribution in [0.4, 0.5) is 5.69 Å². The molecule has 0 bridgehead atoms. The number of rotatable bonds is 3. The number of aliphatic hydroxyl groups is 1. The number of thiophene rings is 1. The lowest BCUT2D eigenvalue weighted by Crippen LogP contribution is -2.15. The molecule has 1 atom stereocenters. The maximum atomic E-state index is 9.13. The van der Waals surface area contributed by atoms with Crippen molar-refractivity contribution in [1.82, 2.24) is 0 Å². The van der Waals surface area contributed by atoms with Gasteiger partial charge in [-0.25, -0.2) is 0 Å². The van der Waals surface area contributed by atoms with Crippen molar-refractivity contribution < 1.29 is 5.11 Å². The predicted octanol–water partition coefficient (Wildman–Crippen LogP) is 2.69. The van der Waals surface area contributed by atoms with E-state index >= 15 is 0 Å². The van der Waals surface area contributed by atoms with E-state index in [1.165, 1.54) is 10.1 Å². The summed E-state index contributed by atoms with van der Waals surface area (Å²) in [7, 11) is 0. The summed E-state index contributed by atoms with van der Waals surface area (Å²) in [5.41, 5.74) is 1.07. The second-order valence-corrected chi connectivity index (χ2v) is 4.35. The zero-order valence-electron chi connectivity index (χ0n) is 8.03. The summed E-state index contributed by atoms with van der Waals surface area (Å²) in [5.74, 6) is 0. The zero-order valence-corrected chi connectivity index (χ0v) is 8.84. The highest BCUT2D eigenvalue weighted by molar-refractivity contribution is 7.17. The summed E-state index contributed by atoms with van der Waals surface area (Å²) < 4.78 is 1.30. The molecule has 0 aliphatic rings. The molecule has 2 rings (SSSR count). The zero-order chi connectivity index (χ0) is 9.97. The molecule has 0 fully saturated rings. The Bertz CT molecular complexity index is 422. The van der Waals surface area contributed by atoms with Crippen LogP contribution >= 0.6 is 11.3 Å². The first-order valence-electron chi connectivity index (χ1n) is 4.65. The van der Waals surface area contributed by atoms with E-state index in [1.807, 2.05) is 6.07 Å². The Hall–Kier alpha value is -1.06. The molecule has 0 amide bonds. The fourth-order valence-corrected chi connectivity index (χ4v) is 2.11. The number of hydrogen-bond donors (Lipinski definition) is 2. The minimum absolute atomic E-state index is 0.312. The third-order valence-electron chi connectivity index (χ3n) is 2.05. The first-order chi connectivity index (χ1) is 6.75. The molecule has 74 valence electrons. The highest BCUT2D eigenvalue weighted by Crippen LogP contribution is 2.23. The number of nitrogens with one attached hydrogen (secondary N) is 1. The summed E-state index contributed by atoms with van der Waals surface area (Å²) in [5, 5.41) is 15.6. The van der Waals surface area contributed by atoms with Gasteiger partial charge in [-0.1, -0.05) is 0 Å². The molecule has 14 heavy (non-hydrogen) atoms. The lowest BCUT2D eigenvalue weighted by Gasteiger charge is -2.07. The van der Waals surface area contributed by atoms with Crippen molar-refractivity contribution in [1.29, 1.82) is 0 Å². The molecule has 0 unspecified atom stereocenters. The second-order valence-electron chi connectivity index (χ2n) is 3.40. The number of benzene rings is 1. The summed E-state index contributed by atoms with van der Waals surface area (Å²) in [4.78, 5) is 0. The van der Waals surface area contributed by atoms with Gasteiger partial charge in [0, 0.05) is 16.9 Å². The van der Waals surface area contributed by atoms with Crippen LogP contribution in [0.2, 0.25) is 0 Å². The smallest absolute Gasteiger partial charge is 0.0684 e. The van der Waals surface area contributed by atoms with Gasteiger partial charge in [0.25, 0.3) is 0 Å². The van der Waals surface area contributed by atoms with Crippen molar-refractivity contribution in [2.45, 2.75) is 13.0 Å². The molecule has 1 heterocycles. The van der Waals surface area contributed by atoms with Crippen LogP contribution in [0.3, 0.4) is 0 Å². The van der Waals surface area contributed by atoms with Crippen LogP contribution in [0.5, 0.6) is 0 Å². The van der Waals surface area contributed by atoms with Gasteiger partial charge in [-0.15, -0.1) is 11.3 Å². The molecule has 1 aromatic carbocycles. The first kappa shape index (κ1) is 9.49. The highest BCUT2D eigenvalue weighted by atomic mass is 32.1. The second kappa shape index (κ2) is 3.98. The van der Waals surface area contributed by atoms with E-state index in [-0.39, 0.29) is 6.10 Å². The number of anilines is 1. The van der Waals surface area contributed by atoms with Crippen LogP contribution in [-0.4, -0.2) is 17.8 Å². The maximum Gasteiger partial charge on any atom is 0.0684 e. The van der Waals surface area contributed by atoms with Crippen LogP contribution < -0.4 is 5.32 Å². The Morgan fingerprint density at radius 1 is 1.43 bits per heavy atom. The molecule has 2 aromatic rings. The van der Waals surface area contributed by atoms with Crippen molar-refractivity contribution in [3.63, 3.8) is 0 Å². The minimum Gasteiger partial charge on any atom is -0.392 e. The molecule has 0 saturated heterocycles. The minimum atomic E-state index is -0.312. The molecule has 1 aromatic heterocycles. The van der Waals surface area contributed by atoms with Crippen LogP contribution in [0, 0.1) is 0 Å². The van der Waals surface area contributed by atoms with Gasteiger partial charge in [0.15, 0.2) is 0 Å². The molecule has 0 saturated carbocycles. The van der Waals surface area contributed by atoms with Crippen molar-refractivity contribution in [3.8, 4) is 0 Å². The van der Waals surface area contributed by atoms with E-state index < -0.39 is 0 Å². The average Bonchev–Trinajstić information content (AvgIpc) is 2.61. The molecule has 2 N–H and O–H groups in total. The number of hydrogen-bond acceptors (Lipinski definition) is 3. The van der Waals surface area contributed by atoms with E-state index in [0.29, 0.717) is 6.54 Å². The van der Waals surface area contributed by atoms with Crippen LogP contribution in [-0.2, 0) is 0 Å². The molecular weight excluding hydrogens is 194 g/mol. The molecule has 0 aliphatic heterocycles. The van der Waals surface area contributed by atoms with Crippen molar-refractivity contribution in [2.24, 2.45) is 0 Å². The third kappa shape index (κ3) is 2.05. The Labute approximate surface area is 87.2 Å². The van der Waals surface area contributed by atoms with E-state index in [2.05, 4.69) is 28.9 Å². The van der Waals surface area contributed by atoms with Gasteiger partial charge in [-0.05, 0) is 42.0 Å². The Kier molecular flexibility index (Phi) is 2.70. The Morgan fingerprint density at radius 3 is 3.07 bits per heavy atom. The van der Waals surface area contributed by atoms with E-state index in [1.54, 1.807) is 18.3 Å². The molecule has 2 nitrogen and oxygen atoms in total. The number of fused-ring (bicyclic) bond motifs is 1. The van der Waals surface area contributed by atoms with Gasteiger partial charge in [-0.3, -0.25) is 0 Å². The Morgan fingerprint density at radius 2 is 2.29 bits per heavy atom. The molecular formula is C11H13NOS. The fraction of sp³-hybridized carbons (Fsp3) is 0.273. The van der Waals surface area contributed by atoms with Gasteiger partial charge in [0.1, 0.15) is 0 Å². The van der Waals surface area contributed by atoms with Crippen molar-refractivity contribution >= 4 is 27.1 Å². The predicted molar refractivity (Wildman–Crippen MR) is 62.0 cm³/mol. The van der Waals surface area contributed by atoms with E-state index in [9.17, 15) is 0 Å². The molecule has 0 spiro atoms. The highest BCUT2D eigenvalue weighted by Gasteiger charge is 1.98. The lowest BCUT2D eigenvalue weighted by molar-refractivity contribution is 0.208. The Balaban J connectivity index is 2.17. The van der Waals surface area contributed by atoms with Crippen LogP contribution in [0.15, 0.2) is 29.6 Å². The quantitative estimate of drug-likeness (QED) is 0.811. The summed E-state index contributed by atoms with van der Waals surface area (Å²) >= 11 is 1.74. The van der Waals surface area contributed by atoms with Gasteiger partial charge < -0.3 is 10.4 Å². The van der Waals surface area contributed by atoms with E-state index in [0.717, 1.165) is 5.69 Å². The monoisotopic (exact) mass is 207 g/mol. The standard InChI is InChI=1S/C11H13NOS/c1-8(13)7-12-10-2-3-11-9(6-10)4-5-14-11/h2-6,8,12-13H,7H2,1H3/t8-/m1/s1. The normalized spacial score (nSPS) is 13.0. The summed E-state index contributed by atoms with van der Waals surface area (Å²) in [6.45, 7) is 2.37. The average molecular weight is 207 g/mol. The largest absolute Gasteiger partial charge is 0.392 e. The first-order valence-corrected chi connectivity index (χ1v) is 5.53. The van der Waals surface area contributed by atoms with Gasteiger partial charge in [0.05, 0.1) is 6.10 Å². The summed E-state index contributed by atoms with van der Waals surface area (Å²) in [6, 6.07) is 8.35. The molecule has 0 radical (unpaired) electrons. The van der Waals surface area contributed by atoms with Crippen molar-refractivity contribution in [2.75, 3.05) is 11.9 Å². The maximum absolute atomic E-state index is 9.13. The van der Waals surface area contributed by atoms with Crippen LogP contribution in [0.1, 0.15) is 6.92 Å². The van der Waals surface area contributed by atoms with E-state index in [4.69, 9.17) is 5.11 Å². The van der Waals surface area contributed by atoms with Crippen molar-refractivity contribution in [3.05, 3.63) is 29.6 Å². The summed E-state index contributed by atoms with van der Waals surface area (Å²) in [6.07, 6.45) is -0.312. The fourth-order valence-electron chi connectivity index (χ4n) is 1.34. The van der Waals surface area contributed by atoms with Gasteiger partial charge in [0.2, 0.25) is 0 Å². The van der Waals surface area contributed by atoms with Gasteiger partial charge >= 0.3 is 0 Å². The third-order valence-corrected chi connectivity index (χ3v) is 2.95. The number of aliphatic hydroxyl groups excluding tert-OH is 1. The lowest BCUT2D eigenvalue weighted by atomic mass is 10.2.